The summed E-state index contributed by atoms with van der Waals surface area (Å²) in [6.45, 7) is 0.183. The minimum atomic E-state index is -3.55. The highest BCUT2D eigenvalue weighted by Crippen LogP contribution is 2.19. The van der Waals surface area contributed by atoms with Gasteiger partial charge in [0, 0.05) is 12.6 Å². The maximum atomic E-state index is 13.2. The van der Waals surface area contributed by atoms with E-state index in [9.17, 15) is 17.6 Å². The number of urea groups is 1. The highest BCUT2D eigenvalue weighted by atomic mass is 32.2. The number of sulfonamides is 1. The Bertz CT molecular complexity index is 617. The molecule has 2 amide bonds. The maximum absolute atomic E-state index is 13.2. The third kappa shape index (κ3) is 4.89. The van der Waals surface area contributed by atoms with E-state index >= 15 is 0 Å². The van der Waals surface area contributed by atoms with E-state index in [2.05, 4.69) is 10.6 Å². The molecule has 0 heterocycles. The number of nitrogens with zero attached hydrogens (tertiary/aromatic N) is 1. The van der Waals surface area contributed by atoms with E-state index in [1.54, 1.807) is 0 Å². The average molecular weight is 315 g/mol. The summed E-state index contributed by atoms with van der Waals surface area (Å²) < 4.78 is 37.8. The van der Waals surface area contributed by atoms with Crippen molar-refractivity contribution >= 4 is 21.7 Å². The summed E-state index contributed by atoms with van der Waals surface area (Å²) in [4.78, 5) is 11.5. The summed E-state index contributed by atoms with van der Waals surface area (Å²) in [5, 5.41) is 5.33. The highest BCUT2D eigenvalue weighted by Gasteiger charge is 2.23. The number of anilines is 1. The molecular formula is C13H18FN3O3S. The van der Waals surface area contributed by atoms with Gasteiger partial charge in [0.05, 0.1) is 18.5 Å². The number of carbonyl (C=O) groups is 1. The van der Waals surface area contributed by atoms with E-state index in [0.717, 1.165) is 29.5 Å². The number of halogens is 1. The minimum Gasteiger partial charge on any atom is -0.336 e. The number of rotatable bonds is 6. The standard InChI is InChI=1S/C13H18FN3O3S/c1-21(19,20)17(12-4-2-3-10(14)9-12)8-7-15-13(18)16-11-5-6-11/h2-4,9,11H,5-8H2,1H3,(H2,15,16,18). The number of hydrogen-bond acceptors (Lipinski definition) is 3. The van der Waals surface area contributed by atoms with Crippen LogP contribution in [0.25, 0.3) is 0 Å². The molecular weight excluding hydrogens is 297 g/mol. The van der Waals surface area contributed by atoms with Gasteiger partial charge < -0.3 is 10.6 Å². The smallest absolute Gasteiger partial charge is 0.315 e. The Balaban J connectivity index is 1.95. The normalized spacial score (nSPS) is 14.6. The van der Waals surface area contributed by atoms with Crippen molar-refractivity contribution < 1.29 is 17.6 Å². The van der Waals surface area contributed by atoms with Crippen molar-refractivity contribution in [2.75, 3.05) is 23.7 Å². The Morgan fingerprint density at radius 1 is 1.43 bits per heavy atom. The fraction of sp³-hybridized carbons (Fsp3) is 0.462. The van der Waals surface area contributed by atoms with Crippen molar-refractivity contribution in [3.8, 4) is 0 Å². The van der Waals surface area contributed by atoms with Crippen molar-refractivity contribution in [1.82, 2.24) is 10.6 Å². The topological polar surface area (TPSA) is 78.5 Å². The minimum absolute atomic E-state index is 0.0420. The highest BCUT2D eigenvalue weighted by molar-refractivity contribution is 7.92. The van der Waals surface area contributed by atoms with Crippen molar-refractivity contribution in [2.45, 2.75) is 18.9 Å². The molecule has 0 aromatic heterocycles. The van der Waals surface area contributed by atoms with E-state index in [0.29, 0.717) is 0 Å². The Hall–Kier alpha value is -1.83. The molecule has 1 aromatic rings. The number of benzene rings is 1. The van der Waals surface area contributed by atoms with Crippen LogP contribution in [0.5, 0.6) is 0 Å². The molecule has 0 aliphatic heterocycles. The van der Waals surface area contributed by atoms with Gasteiger partial charge in [0.1, 0.15) is 5.82 Å². The molecule has 1 aliphatic rings. The second-order valence-corrected chi connectivity index (χ2v) is 6.90. The quantitative estimate of drug-likeness (QED) is 0.824. The summed E-state index contributed by atoms with van der Waals surface area (Å²) in [6.07, 6.45) is 3.00. The lowest BCUT2D eigenvalue weighted by Crippen LogP contribution is -2.42. The zero-order chi connectivity index (χ0) is 15.5. The van der Waals surface area contributed by atoms with Gasteiger partial charge >= 0.3 is 6.03 Å². The zero-order valence-corrected chi connectivity index (χ0v) is 12.5. The van der Waals surface area contributed by atoms with Gasteiger partial charge in [-0.2, -0.15) is 0 Å². The first-order valence-electron chi connectivity index (χ1n) is 6.64. The van der Waals surface area contributed by atoms with E-state index < -0.39 is 15.8 Å². The van der Waals surface area contributed by atoms with Crippen LogP contribution in [0.1, 0.15) is 12.8 Å². The Labute approximate surface area is 123 Å². The van der Waals surface area contributed by atoms with Crippen LogP contribution < -0.4 is 14.9 Å². The number of amides is 2. The van der Waals surface area contributed by atoms with Gasteiger partial charge in [-0.25, -0.2) is 17.6 Å². The molecule has 0 spiro atoms. The lowest BCUT2D eigenvalue weighted by molar-refractivity contribution is 0.241. The molecule has 0 atom stereocenters. The van der Waals surface area contributed by atoms with Gasteiger partial charge in [0.15, 0.2) is 0 Å². The summed E-state index contributed by atoms with van der Waals surface area (Å²) in [5.74, 6) is -0.513. The van der Waals surface area contributed by atoms with Gasteiger partial charge in [-0.15, -0.1) is 0 Å². The molecule has 0 bridgehead atoms. The molecule has 116 valence electrons. The predicted octanol–water partition coefficient (Wildman–Crippen LogP) is 1.05. The number of hydrogen-bond donors (Lipinski definition) is 2. The van der Waals surface area contributed by atoms with Gasteiger partial charge in [0.2, 0.25) is 10.0 Å². The molecule has 0 radical (unpaired) electrons. The monoisotopic (exact) mass is 315 g/mol. The third-order valence-corrected chi connectivity index (χ3v) is 4.20. The number of nitrogens with one attached hydrogen (secondary N) is 2. The fourth-order valence-electron chi connectivity index (χ4n) is 1.85. The Kier molecular flexibility index (Phi) is 4.66. The molecule has 21 heavy (non-hydrogen) atoms. The first-order chi connectivity index (χ1) is 9.86. The predicted molar refractivity (Wildman–Crippen MR) is 78.1 cm³/mol. The van der Waals surface area contributed by atoms with Crippen molar-refractivity contribution in [3.63, 3.8) is 0 Å². The van der Waals surface area contributed by atoms with Gasteiger partial charge in [-0.3, -0.25) is 4.31 Å². The lowest BCUT2D eigenvalue weighted by atomic mass is 10.3. The first-order valence-corrected chi connectivity index (χ1v) is 8.49. The summed E-state index contributed by atoms with van der Waals surface area (Å²) in [5.41, 5.74) is 0.238. The second kappa shape index (κ2) is 6.30. The van der Waals surface area contributed by atoms with Gasteiger partial charge in [0.25, 0.3) is 0 Å². The van der Waals surface area contributed by atoms with Crippen LogP contribution >= 0.6 is 0 Å². The molecule has 0 unspecified atom stereocenters. The van der Waals surface area contributed by atoms with E-state index in [1.165, 1.54) is 18.2 Å². The van der Waals surface area contributed by atoms with E-state index in [4.69, 9.17) is 0 Å². The second-order valence-electron chi connectivity index (χ2n) is 4.99. The first kappa shape index (κ1) is 15.6. The van der Waals surface area contributed by atoms with Gasteiger partial charge in [-0.05, 0) is 31.0 Å². The fourth-order valence-corrected chi connectivity index (χ4v) is 2.77. The number of carbonyl (C=O) groups excluding carboxylic acids is 1. The largest absolute Gasteiger partial charge is 0.336 e. The van der Waals surface area contributed by atoms with E-state index in [-0.39, 0.29) is 30.8 Å². The van der Waals surface area contributed by atoms with E-state index in [1.807, 2.05) is 0 Å². The molecule has 0 saturated heterocycles. The molecule has 1 aliphatic carbocycles. The molecule has 8 heteroatoms. The Morgan fingerprint density at radius 3 is 2.71 bits per heavy atom. The van der Waals surface area contributed by atoms with Crippen molar-refractivity contribution in [1.29, 1.82) is 0 Å². The zero-order valence-electron chi connectivity index (χ0n) is 11.7. The molecule has 1 fully saturated rings. The average Bonchev–Trinajstić information content (AvgIpc) is 3.17. The SMILES string of the molecule is CS(=O)(=O)N(CCNC(=O)NC1CC1)c1cccc(F)c1. The van der Waals surface area contributed by atoms with Crippen LogP contribution in [-0.2, 0) is 10.0 Å². The molecule has 2 rings (SSSR count). The van der Waals surface area contributed by atoms with Crippen LogP contribution in [-0.4, -0.2) is 39.8 Å². The van der Waals surface area contributed by atoms with Crippen LogP contribution in [0, 0.1) is 5.82 Å². The molecule has 1 aromatic carbocycles. The van der Waals surface area contributed by atoms with Gasteiger partial charge in [-0.1, -0.05) is 6.07 Å². The molecule has 6 nitrogen and oxygen atoms in total. The summed E-state index contributed by atoms with van der Waals surface area (Å²) in [6, 6.07) is 5.26. The van der Waals surface area contributed by atoms with Crippen LogP contribution in [0.15, 0.2) is 24.3 Å². The summed E-state index contributed by atoms with van der Waals surface area (Å²) >= 11 is 0. The van der Waals surface area contributed by atoms with Crippen molar-refractivity contribution in [2.24, 2.45) is 0 Å². The van der Waals surface area contributed by atoms with Crippen LogP contribution in [0.2, 0.25) is 0 Å². The Morgan fingerprint density at radius 2 is 2.14 bits per heavy atom. The molecule has 1 saturated carbocycles. The summed E-state index contributed by atoms with van der Waals surface area (Å²) in [7, 11) is -3.55. The maximum Gasteiger partial charge on any atom is 0.315 e. The van der Waals surface area contributed by atoms with Crippen LogP contribution in [0.3, 0.4) is 0 Å². The van der Waals surface area contributed by atoms with Crippen LogP contribution in [0.4, 0.5) is 14.9 Å². The third-order valence-electron chi connectivity index (χ3n) is 3.01. The lowest BCUT2D eigenvalue weighted by Gasteiger charge is -2.22. The molecule has 2 N–H and O–H groups in total. The van der Waals surface area contributed by atoms with Crippen molar-refractivity contribution in [3.05, 3.63) is 30.1 Å².